The molecule has 0 amide bonds. The number of rotatable bonds is 7. The van der Waals surface area contributed by atoms with Gasteiger partial charge in [0.2, 0.25) is 0 Å². The second-order valence-electron chi connectivity index (χ2n) is 5.69. The summed E-state index contributed by atoms with van der Waals surface area (Å²) < 4.78 is 5.27. The summed E-state index contributed by atoms with van der Waals surface area (Å²) in [4.78, 5) is 7.33. The van der Waals surface area contributed by atoms with Gasteiger partial charge in [0.1, 0.15) is 5.75 Å². The van der Waals surface area contributed by atoms with Gasteiger partial charge in [0.05, 0.1) is 19.1 Å². The van der Waals surface area contributed by atoms with Crippen LogP contribution in [0.1, 0.15) is 35.6 Å². The van der Waals surface area contributed by atoms with E-state index < -0.39 is 0 Å². The van der Waals surface area contributed by atoms with E-state index in [1.54, 1.807) is 13.4 Å². The molecule has 23 heavy (non-hydrogen) atoms. The van der Waals surface area contributed by atoms with Gasteiger partial charge in [-0.25, -0.2) is 4.98 Å². The summed E-state index contributed by atoms with van der Waals surface area (Å²) in [5, 5.41) is 0. The molecule has 0 bridgehead atoms. The highest BCUT2D eigenvalue weighted by atomic mass is 16.5. The van der Waals surface area contributed by atoms with Crippen LogP contribution in [0.15, 0.2) is 67.1 Å². The zero-order chi connectivity index (χ0) is 15.9. The van der Waals surface area contributed by atoms with Gasteiger partial charge in [0.15, 0.2) is 0 Å². The van der Waals surface area contributed by atoms with Gasteiger partial charge in [-0.05, 0) is 42.5 Å². The van der Waals surface area contributed by atoms with Gasteiger partial charge in [-0.15, -0.1) is 0 Å². The third-order valence-corrected chi connectivity index (χ3v) is 4.20. The summed E-state index contributed by atoms with van der Waals surface area (Å²) in [5.41, 5.74) is 3.82. The quantitative estimate of drug-likeness (QED) is 0.694. The molecule has 1 atom stereocenters. The summed E-state index contributed by atoms with van der Waals surface area (Å²) in [5.74, 6) is 1.30. The Morgan fingerprint density at radius 1 is 1.00 bits per heavy atom. The number of nitrogens with zero attached hydrogens (tertiary/aromatic N) is 1. The van der Waals surface area contributed by atoms with E-state index in [4.69, 9.17) is 4.74 Å². The number of ether oxygens (including phenoxy) is 1. The van der Waals surface area contributed by atoms with E-state index in [0.29, 0.717) is 5.92 Å². The standard InChI is InChI=1S/C20H22N2O/c1-23-19-12-10-17(11-13-19)20(16-6-3-2-4-7-16)9-5-8-18-14-21-15-22-18/h2-4,6-7,10-15,20H,5,8-9H2,1H3,(H,21,22). The molecule has 0 aliphatic carbocycles. The maximum atomic E-state index is 5.27. The molecule has 0 fully saturated rings. The zero-order valence-corrected chi connectivity index (χ0v) is 13.4. The first kappa shape index (κ1) is 15.3. The lowest BCUT2D eigenvalue weighted by Crippen LogP contribution is -2.02. The lowest BCUT2D eigenvalue weighted by Gasteiger charge is -2.18. The van der Waals surface area contributed by atoms with Crippen LogP contribution in [0.3, 0.4) is 0 Å². The molecule has 3 nitrogen and oxygen atoms in total. The molecule has 3 rings (SSSR count). The van der Waals surface area contributed by atoms with Crippen LogP contribution in [0.4, 0.5) is 0 Å². The molecule has 0 saturated heterocycles. The van der Waals surface area contributed by atoms with Crippen LogP contribution in [0.5, 0.6) is 5.75 Å². The predicted octanol–water partition coefficient (Wildman–Crippen LogP) is 4.57. The van der Waals surface area contributed by atoms with Gasteiger partial charge in [-0.2, -0.15) is 0 Å². The van der Waals surface area contributed by atoms with Crippen LogP contribution < -0.4 is 4.74 Å². The summed E-state index contributed by atoms with van der Waals surface area (Å²) in [7, 11) is 1.70. The van der Waals surface area contributed by atoms with Gasteiger partial charge < -0.3 is 9.72 Å². The second-order valence-corrected chi connectivity index (χ2v) is 5.69. The van der Waals surface area contributed by atoms with Crippen LogP contribution in [0.25, 0.3) is 0 Å². The summed E-state index contributed by atoms with van der Waals surface area (Å²) >= 11 is 0. The molecular weight excluding hydrogens is 284 g/mol. The minimum absolute atomic E-state index is 0.404. The number of hydrogen-bond donors (Lipinski definition) is 1. The SMILES string of the molecule is COc1ccc(C(CCCc2c[nH]cn2)c2ccccc2)cc1. The number of aromatic nitrogens is 2. The van der Waals surface area contributed by atoms with E-state index in [1.807, 2.05) is 18.3 Å². The Labute approximate surface area is 137 Å². The largest absolute Gasteiger partial charge is 0.497 e. The maximum absolute atomic E-state index is 5.27. The third kappa shape index (κ3) is 4.01. The van der Waals surface area contributed by atoms with E-state index in [1.165, 1.54) is 11.1 Å². The maximum Gasteiger partial charge on any atom is 0.118 e. The minimum atomic E-state index is 0.404. The molecule has 1 N–H and O–H groups in total. The molecule has 1 unspecified atom stereocenters. The summed E-state index contributed by atoms with van der Waals surface area (Å²) in [6.45, 7) is 0. The highest BCUT2D eigenvalue weighted by molar-refractivity contribution is 5.36. The van der Waals surface area contributed by atoms with Gasteiger partial charge in [-0.1, -0.05) is 42.5 Å². The predicted molar refractivity (Wildman–Crippen MR) is 92.8 cm³/mol. The molecule has 1 heterocycles. The lowest BCUT2D eigenvalue weighted by atomic mass is 9.87. The van der Waals surface area contributed by atoms with Crippen molar-refractivity contribution < 1.29 is 4.74 Å². The fourth-order valence-electron chi connectivity index (χ4n) is 2.96. The highest BCUT2D eigenvalue weighted by Crippen LogP contribution is 2.30. The van der Waals surface area contributed by atoms with Gasteiger partial charge in [0.25, 0.3) is 0 Å². The molecule has 0 spiro atoms. The van der Waals surface area contributed by atoms with Crippen LogP contribution in [0.2, 0.25) is 0 Å². The number of methoxy groups -OCH3 is 1. The number of nitrogens with one attached hydrogen (secondary N) is 1. The van der Waals surface area contributed by atoms with Crippen molar-refractivity contribution >= 4 is 0 Å². The molecule has 0 saturated carbocycles. The van der Waals surface area contributed by atoms with Crippen LogP contribution in [-0.2, 0) is 6.42 Å². The molecule has 2 aromatic carbocycles. The molecule has 0 aliphatic rings. The first-order valence-electron chi connectivity index (χ1n) is 8.03. The van der Waals surface area contributed by atoms with Crippen molar-refractivity contribution in [3.8, 4) is 5.75 Å². The Morgan fingerprint density at radius 3 is 2.39 bits per heavy atom. The topological polar surface area (TPSA) is 37.9 Å². The molecule has 0 aliphatic heterocycles. The van der Waals surface area contributed by atoms with Crippen molar-refractivity contribution in [2.24, 2.45) is 0 Å². The first-order chi connectivity index (χ1) is 11.4. The van der Waals surface area contributed by atoms with E-state index in [-0.39, 0.29) is 0 Å². The van der Waals surface area contributed by atoms with E-state index in [9.17, 15) is 0 Å². The summed E-state index contributed by atoms with van der Waals surface area (Å²) in [6.07, 6.45) is 6.93. The normalized spacial score (nSPS) is 12.0. The van der Waals surface area contributed by atoms with Gasteiger partial charge >= 0.3 is 0 Å². The number of imidazole rings is 1. The van der Waals surface area contributed by atoms with Gasteiger partial charge in [0, 0.05) is 12.1 Å². The number of H-pyrrole nitrogens is 1. The molecule has 3 heteroatoms. The number of hydrogen-bond acceptors (Lipinski definition) is 2. The van der Waals surface area contributed by atoms with Crippen molar-refractivity contribution in [2.45, 2.75) is 25.2 Å². The number of aromatic amines is 1. The van der Waals surface area contributed by atoms with Crippen LogP contribution in [0, 0.1) is 0 Å². The average Bonchev–Trinajstić information content (AvgIpc) is 3.13. The molecule has 118 valence electrons. The Morgan fingerprint density at radius 2 is 1.74 bits per heavy atom. The molecule has 0 radical (unpaired) electrons. The fraction of sp³-hybridized carbons (Fsp3) is 0.250. The lowest BCUT2D eigenvalue weighted by molar-refractivity contribution is 0.414. The Hall–Kier alpha value is -2.55. The Bertz CT molecular complexity index is 690. The minimum Gasteiger partial charge on any atom is -0.497 e. The van der Waals surface area contributed by atoms with Crippen molar-refractivity contribution in [1.29, 1.82) is 0 Å². The molecule has 1 aromatic heterocycles. The van der Waals surface area contributed by atoms with Crippen molar-refractivity contribution in [3.05, 3.63) is 83.9 Å². The van der Waals surface area contributed by atoms with Crippen LogP contribution in [-0.4, -0.2) is 17.1 Å². The number of aryl methyl sites for hydroxylation is 1. The average molecular weight is 306 g/mol. The smallest absolute Gasteiger partial charge is 0.118 e. The van der Waals surface area contributed by atoms with Crippen molar-refractivity contribution in [1.82, 2.24) is 9.97 Å². The Kier molecular flexibility index (Phi) is 5.09. The van der Waals surface area contributed by atoms with E-state index in [2.05, 4.69) is 52.4 Å². The fourth-order valence-corrected chi connectivity index (χ4v) is 2.96. The highest BCUT2D eigenvalue weighted by Gasteiger charge is 2.14. The van der Waals surface area contributed by atoms with Crippen LogP contribution >= 0.6 is 0 Å². The first-order valence-corrected chi connectivity index (χ1v) is 8.03. The van der Waals surface area contributed by atoms with E-state index >= 15 is 0 Å². The van der Waals surface area contributed by atoms with Gasteiger partial charge in [-0.3, -0.25) is 0 Å². The summed E-state index contributed by atoms with van der Waals surface area (Å²) in [6, 6.07) is 19.1. The molecule has 3 aromatic rings. The third-order valence-electron chi connectivity index (χ3n) is 4.20. The molecular formula is C20H22N2O. The Balaban J connectivity index is 1.75. The van der Waals surface area contributed by atoms with Crippen molar-refractivity contribution in [3.63, 3.8) is 0 Å². The zero-order valence-electron chi connectivity index (χ0n) is 13.4. The second kappa shape index (κ2) is 7.63. The number of benzene rings is 2. The van der Waals surface area contributed by atoms with Crippen molar-refractivity contribution in [2.75, 3.05) is 7.11 Å². The monoisotopic (exact) mass is 306 g/mol. The van der Waals surface area contributed by atoms with E-state index in [0.717, 1.165) is 30.7 Å².